The molecule has 2 rings (SSSR count). The zero-order valence-electron chi connectivity index (χ0n) is 15.0. The van der Waals surface area contributed by atoms with E-state index in [1.807, 2.05) is 39.0 Å². The Hall–Kier alpha value is -2.82. The molecule has 2 aromatic rings. The van der Waals surface area contributed by atoms with E-state index >= 15 is 0 Å². The summed E-state index contributed by atoms with van der Waals surface area (Å²) in [5.74, 6) is -0.0185. The summed E-state index contributed by atoms with van der Waals surface area (Å²) >= 11 is 0. The van der Waals surface area contributed by atoms with Crippen LogP contribution < -0.4 is 10.1 Å². The van der Waals surface area contributed by atoms with Gasteiger partial charge in [-0.3, -0.25) is 4.79 Å². The fourth-order valence-corrected chi connectivity index (χ4v) is 2.47. The van der Waals surface area contributed by atoms with Crippen molar-refractivity contribution in [2.45, 2.75) is 33.3 Å². The van der Waals surface area contributed by atoms with E-state index in [0.717, 1.165) is 11.1 Å². The zero-order chi connectivity index (χ0) is 18.4. The Kier molecular flexibility index (Phi) is 6.17. The minimum atomic E-state index is -0.622. The molecular formula is C20H23NO4. The first-order valence-electron chi connectivity index (χ1n) is 8.17. The molecule has 1 amide bonds. The van der Waals surface area contributed by atoms with Crippen molar-refractivity contribution in [2.24, 2.45) is 0 Å². The number of nitrogens with one attached hydrogen (secondary N) is 1. The van der Waals surface area contributed by atoms with E-state index in [1.165, 1.54) is 7.11 Å². The molecule has 1 N–H and O–H groups in total. The van der Waals surface area contributed by atoms with Gasteiger partial charge in [0.25, 0.3) is 5.91 Å². The molecule has 0 saturated carbocycles. The van der Waals surface area contributed by atoms with Crippen LogP contribution in [0.4, 0.5) is 5.69 Å². The van der Waals surface area contributed by atoms with Crippen molar-refractivity contribution in [3.8, 4) is 5.75 Å². The number of hydrogen-bond acceptors (Lipinski definition) is 4. The number of benzene rings is 2. The molecule has 2 aromatic carbocycles. The smallest absolute Gasteiger partial charge is 0.337 e. The van der Waals surface area contributed by atoms with Crippen LogP contribution in [0, 0.1) is 13.8 Å². The summed E-state index contributed by atoms with van der Waals surface area (Å²) < 4.78 is 10.6. The predicted octanol–water partition coefficient (Wildman–Crippen LogP) is 3.89. The van der Waals surface area contributed by atoms with Crippen LogP contribution in [0.5, 0.6) is 5.75 Å². The Morgan fingerprint density at radius 2 is 1.88 bits per heavy atom. The van der Waals surface area contributed by atoms with Gasteiger partial charge < -0.3 is 14.8 Å². The number of methoxy groups -OCH3 is 1. The molecule has 0 aliphatic carbocycles. The van der Waals surface area contributed by atoms with Gasteiger partial charge in [0.05, 0.1) is 12.7 Å². The van der Waals surface area contributed by atoms with Crippen molar-refractivity contribution in [2.75, 3.05) is 12.4 Å². The molecule has 0 radical (unpaired) electrons. The molecule has 0 aromatic heterocycles. The minimum Gasteiger partial charge on any atom is -0.480 e. The number of ether oxygens (including phenoxy) is 2. The maximum Gasteiger partial charge on any atom is 0.337 e. The van der Waals surface area contributed by atoms with Crippen LogP contribution in [0.15, 0.2) is 42.5 Å². The van der Waals surface area contributed by atoms with E-state index in [-0.39, 0.29) is 5.91 Å². The van der Waals surface area contributed by atoms with E-state index < -0.39 is 12.1 Å². The first-order chi connectivity index (χ1) is 11.9. The molecule has 1 unspecified atom stereocenters. The van der Waals surface area contributed by atoms with Gasteiger partial charge in [-0.15, -0.1) is 0 Å². The summed E-state index contributed by atoms with van der Waals surface area (Å²) in [4.78, 5) is 24.1. The Morgan fingerprint density at radius 1 is 1.12 bits per heavy atom. The maximum atomic E-state index is 12.5. The molecule has 132 valence electrons. The summed E-state index contributed by atoms with van der Waals surface area (Å²) in [5.41, 5.74) is 3.03. The predicted molar refractivity (Wildman–Crippen MR) is 97.0 cm³/mol. The van der Waals surface area contributed by atoms with Gasteiger partial charge in [0.1, 0.15) is 5.75 Å². The average Bonchev–Trinajstić information content (AvgIpc) is 2.60. The SMILES string of the molecule is CCC(Oc1ccc(C)cc1C)C(=O)Nc1cccc(C(=O)OC)c1. The number of esters is 1. The van der Waals surface area contributed by atoms with Crippen LogP contribution >= 0.6 is 0 Å². The maximum absolute atomic E-state index is 12.5. The fourth-order valence-electron chi connectivity index (χ4n) is 2.47. The van der Waals surface area contributed by atoms with Gasteiger partial charge in [0, 0.05) is 5.69 Å². The molecule has 0 bridgehead atoms. The van der Waals surface area contributed by atoms with Crippen LogP contribution in [0.25, 0.3) is 0 Å². The highest BCUT2D eigenvalue weighted by Crippen LogP contribution is 2.21. The number of carbonyl (C=O) groups is 2. The molecule has 0 aliphatic rings. The molecule has 0 aliphatic heterocycles. The topological polar surface area (TPSA) is 64.6 Å². The largest absolute Gasteiger partial charge is 0.480 e. The third kappa shape index (κ3) is 4.83. The normalized spacial score (nSPS) is 11.5. The molecule has 0 heterocycles. The fraction of sp³-hybridized carbons (Fsp3) is 0.300. The van der Waals surface area contributed by atoms with E-state index in [0.29, 0.717) is 23.4 Å². The zero-order valence-corrected chi connectivity index (χ0v) is 15.0. The van der Waals surface area contributed by atoms with Gasteiger partial charge in [0.15, 0.2) is 6.10 Å². The quantitative estimate of drug-likeness (QED) is 0.810. The van der Waals surface area contributed by atoms with Crippen LogP contribution in [0.3, 0.4) is 0 Å². The van der Waals surface area contributed by atoms with Gasteiger partial charge in [0.2, 0.25) is 0 Å². The van der Waals surface area contributed by atoms with Gasteiger partial charge in [-0.05, 0) is 50.1 Å². The van der Waals surface area contributed by atoms with Crippen molar-refractivity contribution in [3.05, 3.63) is 59.2 Å². The van der Waals surface area contributed by atoms with Crippen molar-refractivity contribution in [1.29, 1.82) is 0 Å². The molecule has 0 saturated heterocycles. The molecular weight excluding hydrogens is 318 g/mol. The Balaban J connectivity index is 2.11. The highest BCUT2D eigenvalue weighted by molar-refractivity contribution is 5.96. The summed E-state index contributed by atoms with van der Waals surface area (Å²) in [6, 6.07) is 12.4. The minimum absolute atomic E-state index is 0.260. The number of rotatable bonds is 6. The molecule has 5 nitrogen and oxygen atoms in total. The molecule has 5 heteroatoms. The Labute approximate surface area is 148 Å². The molecule has 25 heavy (non-hydrogen) atoms. The second kappa shape index (κ2) is 8.33. The summed E-state index contributed by atoms with van der Waals surface area (Å²) in [5, 5.41) is 2.79. The third-order valence-corrected chi connectivity index (χ3v) is 3.81. The van der Waals surface area contributed by atoms with E-state index in [1.54, 1.807) is 24.3 Å². The first kappa shape index (κ1) is 18.5. The van der Waals surface area contributed by atoms with Crippen molar-refractivity contribution >= 4 is 17.6 Å². The van der Waals surface area contributed by atoms with Gasteiger partial charge in [-0.2, -0.15) is 0 Å². The molecule has 0 spiro atoms. The van der Waals surface area contributed by atoms with Gasteiger partial charge in [-0.25, -0.2) is 4.79 Å². The lowest BCUT2D eigenvalue weighted by Gasteiger charge is -2.19. The lowest BCUT2D eigenvalue weighted by molar-refractivity contribution is -0.122. The lowest BCUT2D eigenvalue weighted by atomic mass is 10.1. The number of anilines is 1. The van der Waals surface area contributed by atoms with E-state index in [9.17, 15) is 9.59 Å². The summed E-state index contributed by atoms with van der Waals surface area (Å²) in [6.07, 6.45) is -0.0984. The Bertz CT molecular complexity index is 770. The number of carbonyl (C=O) groups excluding carboxylic acids is 2. The van der Waals surface area contributed by atoms with Crippen LogP contribution in [0.2, 0.25) is 0 Å². The van der Waals surface area contributed by atoms with E-state index in [2.05, 4.69) is 5.32 Å². The second-order valence-electron chi connectivity index (χ2n) is 5.85. The summed E-state index contributed by atoms with van der Waals surface area (Å²) in [7, 11) is 1.32. The van der Waals surface area contributed by atoms with Crippen molar-refractivity contribution in [3.63, 3.8) is 0 Å². The van der Waals surface area contributed by atoms with Crippen LogP contribution in [-0.4, -0.2) is 25.1 Å². The van der Waals surface area contributed by atoms with Crippen molar-refractivity contribution in [1.82, 2.24) is 0 Å². The monoisotopic (exact) mass is 341 g/mol. The Morgan fingerprint density at radius 3 is 2.52 bits per heavy atom. The van der Waals surface area contributed by atoms with Crippen LogP contribution in [0.1, 0.15) is 34.8 Å². The highest BCUT2D eigenvalue weighted by Gasteiger charge is 2.20. The second-order valence-corrected chi connectivity index (χ2v) is 5.85. The van der Waals surface area contributed by atoms with Crippen molar-refractivity contribution < 1.29 is 19.1 Å². The van der Waals surface area contributed by atoms with Gasteiger partial charge in [-0.1, -0.05) is 30.7 Å². The van der Waals surface area contributed by atoms with Crippen LogP contribution in [-0.2, 0) is 9.53 Å². The standard InChI is InChI=1S/C20H23NO4/c1-5-17(25-18-10-9-13(2)11-14(18)3)19(22)21-16-8-6-7-15(12-16)20(23)24-4/h6-12,17H,5H2,1-4H3,(H,21,22). The lowest BCUT2D eigenvalue weighted by Crippen LogP contribution is -2.32. The average molecular weight is 341 g/mol. The number of amides is 1. The first-order valence-corrected chi connectivity index (χ1v) is 8.17. The van der Waals surface area contributed by atoms with Gasteiger partial charge >= 0.3 is 5.97 Å². The molecule has 0 fully saturated rings. The molecule has 1 atom stereocenters. The number of aryl methyl sites for hydroxylation is 2. The number of hydrogen-bond donors (Lipinski definition) is 1. The summed E-state index contributed by atoms with van der Waals surface area (Å²) in [6.45, 7) is 5.85. The van der Waals surface area contributed by atoms with E-state index in [4.69, 9.17) is 9.47 Å². The highest BCUT2D eigenvalue weighted by atomic mass is 16.5. The third-order valence-electron chi connectivity index (χ3n) is 3.81.